The number of nitrogens with one attached hydrogen (secondary N) is 2. The first-order valence-corrected chi connectivity index (χ1v) is 12.3. The van der Waals surface area contributed by atoms with E-state index in [1.165, 1.54) is 0 Å². The van der Waals surface area contributed by atoms with Crippen LogP contribution in [0.15, 0.2) is 65.6 Å². The third kappa shape index (κ3) is 6.37. The van der Waals surface area contributed by atoms with E-state index in [4.69, 9.17) is 19.4 Å². The molecule has 0 fully saturated rings. The van der Waals surface area contributed by atoms with E-state index >= 15 is 0 Å². The number of fused-ring (bicyclic) bond motifs is 1. The number of benzene rings is 2. The van der Waals surface area contributed by atoms with E-state index in [0.717, 1.165) is 35.5 Å². The van der Waals surface area contributed by atoms with Gasteiger partial charge in [0.25, 0.3) is 5.56 Å². The van der Waals surface area contributed by atoms with Gasteiger partial charge in [0, 0.05) is 19.3 Å². The lowest BCUT2D eigenvalue weighted by atomic mass is 10.1. The maximum absolute atomic E-state index is 12.7. The van der Waals surface area contributed by atoms with Gasteiger partial charge in [-0.2, -0.15) is 4.98 Å². The third-order valence-electron chi connectivity index (χ3n) is 6.15. The van der Waals surface area contributed by atoms with Crippen molar-refractivity contribution in [3.8, 4) is 11.5 Å². The quantitative estimate of drug-likeness (QED) is 0.265. The molecule has 0 bridgehead atoms. The number of hydrogen-bond donors (Lipinski definition) is 3. The first kappa shape index (κ1) is 26.0. The van der Waals surface area contributed by atoms with Gasteiger partial charge in [-0.25, -0.2) is 4.98 Å². The molecule has 0 amide bonds. The van der Waals surface area contributed by atoms with Gasteiger partial charge in [0.2, 0.25) is 5.95 Å². The first-order valence-electron chi connectivity index (χ1n) is 12.3. The molecule has 37 heavy (non-hydrogen) atoms. The van der Waals surface area contributed by atoms with E-state index in [2.05, 4.69) is 15.2 Å². The molecule has 3 N–H and O–H groups in total. The lowest BCUT2D eigenvalue weighted by Crippen LogP contribution is -2.28. The molecule has 194 valence electrons. The second-order valence-electron chi connectivity index (χ2n) is 8.80. The van der Waals surface area contributed by atoms with Gasteiger partial charge in [0.1, 0.15) is 22.7 Å². The molecule has 0 aliphatic rings. The molecule has 9 heteroatoms. The summed E-state index contributed by atoms with van der Waals surface area (Å²) in [7, 11) is 3.28. The Labute approximate surface area is 216 Å². The van der Waals surface area contributed by atoms with Crippen molar-refractivity contribution in [2.24, 2.45) is 0 Å². The van der Waals surface area contributed by atoms with Crippen LogP contribution in [0.25, 0.3) is 10.9 Å². The molecule has 2 aromatic heterocycles. The smallest absolute Gasteiger partial charge is 0.261 e. The van der Waals surface area contributed by atoms with Crippen molar-refractivity contribution in [2.45, 2.75) is 38.9 Å². The van der Waals surface area contributed by atoms with Crippen LogP contribution >= 0.6 is 0 Å². The number of aromatic nitrogens is 3. The molecule has 9 nitrogen and oxygen atoms in total. The Hall–Kier alpha value is -4.11. The Bertz CT molecular complexity index is 1310. The van der Waals surface area contributed by atoms with Gasteiger partial charge in [-0.05, 0) is 47.9 Å². The highest BCUT2D eigenvalue weighted by atomic mass is 16.5. The predicted octanol–water partition coefficient (Wildman–Crippen LogP) is 4.12. The van der Waals surface area contributed by atoms with E-state index in [9.17, 15) is 9.90 Å². The molecule has 0 saturated heterocycles. The van der Waals surface area contributed by atoms with Crippen LogP contribution < -0.4 is 25.2 Å². The molecule has 0 spiro atoms. The minimum Gasteiger partial charge on any atom is -0.497 e. The highest BCUT2D eigenvalue weighted by Gasteiger charge is 2.19. The largest absolute Gasteiger partial charge is 0.497 e. The monoisotopic (exact) mass is 503 g/mol. The van der Waals surface area contributed by atoms with Crippen molar-refractivity contribution < 1.29 is 14.6 Å². The molecule has 0 unspecified atom stereocenters. The fourth-order valence-electron chi connectivity index (χ4n) is 4.18. The minimum absolute atomic E-state index is 0.0686. The number of ether oxygens (including phenoxy) is 2. The number of aromatic amines is 1. The average molecular weight is 504 g/mol. The molecule has 0 aliphatic carbocycles. The van der Waals surface area contributed by atoms with Crippen LogP contribution in [0.2, 0.25) is 0 Å². The van der Waals surface area contributed by atoms with Gasteiger partial charge in [-0.15, -0.1) is 0 Å². The van der Waals surface area contributed by atoms with Gasteiger partial charge in [-0.1, -0.05) is 37.6 Å². The molecule has 1 atom stereocenters. The first-order chi connectivity index (χ1) is 18.0. The fraction of sp³-hybridized carbons (Fsp3) is 0.321. The van der Waals surface area contributed by atoms with Gasteiger partial charge in [0.05, 0.1) is 32.4 Å². The van der Waals surface area contributed by atoms with E-state index < -0.39 is 0 Å². The van der Waals surface area contributed by atoms with E-state index in [-0.39, 0.29) is 18.2 Å². The Balaban J connectivity index is 1.78. The summed E-state index contributed by atoms with van der Waals surface area (Å²) in [5.74, 6) is 2.44. The third-order valence-corrected chi connectivity index (χ3v) is 6.15. The molecule has 0 radical (unpaired) electrons. The van der Waals surface area contributed by atoms with Gasteiger partial charge >= 0.3 is 0 Å². The molecule has 0 aliphatic heterocycles. The van der Waals surface area contributed by atoms with Crippen molar-refractivity contribution in [3.05, 3.63) is 82.3 Å². The van der Waals surface area contributed by atoms with Crippen molar-refractivity contribution in [3.63, 3.8) is 0 Å². The molecule has 0 saturated carbocycles. The molecular weight excluding hydrogens is 470 g/mol. The Morgan fingerprint density at radius 1 is 0.946 bits per heavy atom. The predicted molar refractivity (Wildman–Crippen MR) is 145 cm³/mol. The summed E-state index contributed by atoms with van der Waals surface area (Å²) in [4.78, 5) is 27.1. The number of pyridine rings is 1. The zero-order valence-electron chi connectivity index (χ0n) is 21.4. The highest BCUT2D eigenvalue weighted by Crippen LogP contribution is 2.25. The number of rotatable bonds is 12. The van der Waals surface area contributed by atoms with Crippen LogP contribution in [0.3, 0.4) is 0 Å². The summed E-state index contributed by atoms with van der Waals surface area (Å²) in [6.45, 7) is 3.04. The van der Waals surface area contributed by atoms with Crippen molar-refractivity contribution in [1.82, 2.24) is 15.0 Å². The van der Waals surface area contributed by atoms with E-state index in [1.807, 2.05) is 55.5 Å². The second kappa shape index (κ2) is 12.2. The summed E-state index contributed by atoms with van der Waals surface area (Å²) >= 11 is 0. The molecular formula is C28H33N5O4. The number of anilines is 2. The van der Waals surface area contributed by atoms with Crippen molar-refractivity contribution >= 4 is 22.7 Å². The lowest BCUT2D eigenvalue weighted by molar-refractivity contribution is 0.268. The second-order valence-corrected chi connectivity index (χ2v) is 8.80. The lowest BCUT2D eigenvalue weighted by Gasteiger charge is -2.25. The number of nitrogens with zero attached hydrogens (tertiary/aromatic N) is 3. The molecule has 2 aromatic carbocycles. The van der Waals surface area contributed by atoms with E-state index in [0.29, 0.717) is 35.8 Å². The summed E-state index contributed by atoms with van der Waals surface area (Å²) in [6, 6.07) is 17.3. The summed E-state index contributed by atoms with van der Waals surface area (Å²) < 4.78 is 10.6. The van der Waals surface area contributed by atoms with Crippen LogP contribution in [0.5, 0.6) is 11.5 Å². The van der Waals surface area contributed by atoms with Gasteiger partial charge in [0.15, 0.2) is 0 Å². The number of methoxy groups -OCH3 is 2. The molecule has 4 aromatic rings. The highest BCUT2D eigenvalue weighted by molar-refractivity contribution is 5.89. The topological polar surface area (TPSA) is 113 Å². The van der Waals surface area contributed by atoms with E-state index in [1.54, 1.807) is 26.5 Å². The van der Waals surface area contributed by atoms with Crippen LogP contribution in [0.4, 0.5) is 11.8 Å². The van der Waals surface area contributed by atoms with Crippen LogP contribution in [0, 0.1) is 0 Å². The van der Waals surface area contributed by atoms with Crippen LogP contribution in [-0.2, 0) is 13.1 Å². The number of aliphatic hydroxyl groups is 1. The van der Waals surface area contributed by atoms with Crippen molar-refractivity contribution in [2.75, 3.05) is 31.0 Å². The summed E-state index contributed by atoms with van der Waals surface area (Å²) in [5, 5.41) is 13.5. The summed E-state index contributed by atoms with van der Waals surface area (Å²) in [6.07, 6.45) is 3.20. The van der Waals surface area contributed by atoms with Crippen molar-refractivity contribution in [1.29, 1.82) is 0 Å². The normalized spacial score (nSPS) is 11.8. The molecule has 4 rings (SSSR count). The Morgan fingerprint density at radius 3 is 2.05 bits per heavy atom. The standard InChI is InChI=1S/C28H33N5O4/c1-4-5-21(18-34)30-26-25-24(14-15-29-27(25)35)31-28(32-26)33(16-19-6-10-22(36-2)11-7-19)17-20-8-12-23(37-3)13-9-20/h6-15,21,34H,4-5,16-18H2,1-3H3,(H,29,35)(H,30,31,32)/t21-/m0/s1. The minimum atomic E-state index is -0.281. The van der Waals surface area contributed by atoms with Crippen LogP contribution in [0.1, 0.15) is 30.9 Å². The number of hydrogen-bond acceptors (Lipinski definition) is 8. The maximum Gasteiger partial charge on any atom is 0.261 e. The SMILES string of the molecule is CCC[C@@H](CO)Nc1nc(N(Cc2ccc(OC)cc2)Cc2ccc(OC)cc2)nc2cc[nH]c(=O)c12. The number of H-pyrrole nitrogens is 1. The van der Waals surface area contributed by atoms with Gasteiger partial charge in [-0.3, -0.25) is 4.79 Å². The summed E-state index contributed by atoms with van der Waals surface area (Å²) in [5.41, 5.74) is 2.35. The average Bonchev–Trinajstić information content (AvgIpc) is 2.93. The Kier molecular flexibility index (Phi) is 8.58. The zero-order valence-corrected chi connectivity index (χ0v) is 21.4. The number of aliphatic hydroxyl groups excluding tert-OH is 1. The van der Waals surface area contributed by atoms with Crippen LogP contribution in [-0.4, -0.2) is 46.9 Å². The van der Waals surface area contributed by atoms with Gasteiger partial charge < -0.3 is 29.8 Å². The zero-order chi connectivity index (χ0) is 26.2. The molecule has 2 heterocycles. The fourth-order valence-corrected chi connectivity index (χ4v) is 4.18. The maximum atomic E-state index is 12.7. The Morgan fingerprint density at radius 2 is 1.54 bits per heavy atom.